The lowest BCUT2D eigenvalue weighted by atomic mass is 10.2. The first kappa shape index (κ1) is 20.9. The molecular formula is C18H14F3IN2O2S2. The molecule has 0 radical (unpaired) electrons. The molecule has 0 saturated carbocycles. The van der Waals surface area contributed by atoms with Crippen molar-refractivity contribution in [2.24, 2.45) is 0 Å². The molecular weight excluding hydrogens is 524 g/mol. The van der Waals surface area contributed by atoms with Crippen LogP contribution in [0.25, 0.3) is 0 Å². The molecule has 0 aliphatic rings. The fraction of sp³-hybridized carbons (Fsp3) is 0.111. The second-order valence-corrected chi connectivity index (χ2v) is 10.3. The topological polar surface area (TPSA) is 58.2 Å². The van der Waals surface area contributed by atoms with Crippen LogP contribution < -0.4 is 10.0 Å². The van der Waals surface area contributed by atoms with Crippen molar-refractivity contribution in [1.29, 1.82) is 0 Å². The van der Waals surface area contributed by atoms with Crippen molar-refractivity contribution in [1.82, 2.24) is 0 Å². The number of benzene rings is 2. The fourth-order valence-corrected chi connectivity index (χ4v) is 5.64. The van der Waals surface area contributed by atoms with Gasteiger partial charge < -0.3 is 5.32 Å². The van der Waals surface area contributed by atoms with Gasteiger partial charge in [-0.25, -0.2) is 21.6 Å². The number of rotatable bonds is 5. The number of hydrogen-bond acceptors (Lipinski definition) is 4. The van der Waals surface area contributed by atoms with E-state index in [0.717, 1.165) is 17.0 Å². The van der Waals surface area contributed by atoms with Crippen LogP contribution in [0, 0.1) is 34.9 Å². The predicted octanol–water partition coefficient (Wildman–Crippen LogP) is 5.93. The largest absolute Gasteiger partial charge is 0.349 e. The lowest BCUT2D eigenvalue weighted by Crippen LogP contribution is -2.15. The third kappa shape index (κ3) is 4.28. The Morgan fingerprint density at radius 2 is 1.64 bits per heavy atom. The SMILES string of the molecule is Cc1cc(S(=O)(=O)Nc2ccc(F)c(F)c2Nc2ccc(I)cc2F)c(C)s1. The van der Waals surface area contributed by atoms with E-state index in [1.807, 2.05) is 22.6 Å². The van der Waals surface area contributed by atoms with E-state index in [1.165, 1.54) is 29.5 Å². The highest BCUT2D eigenvalue weighted by atomic mass is 127. The zero-order valence-corrected chi connectivity index (χ0v) is 18.4. The summed E-state index contributed by atoms with van der Waals surface area (Å²) in [4.78, 5) is 1.40. The van der Waals surface area contributed by atoms with Gasteiger partial charge in [-0.1, -0.05) is 0 Å². The summed E-state index contributed by atoms with van der Waals surface area (Å²) in [6.07, 6.45) is 0. The van der Waals surface area contributed by atoms with E-state index in [-0.39, 0.29) is 16.3 Å². The van der Waals surface area contributed by atoms with Crippen molar-refractivity contribution >= 4 is 61.0 Å². The maximum Gasteiger partial charge on any atom is 0.263 e. The van der Waals surface area contributed by atoms with E-state index in [1.54, 1.807) is 19.9 Å². The summed E-state index contributed by atoms with van der Waals surface area (Å²) in [5, 5.41) is 2.45. The highest BCUT2D eigenvalue weighted by molar-refractivity contribution is 14.1. The Balaban J connectivity index is 2.04. The molecule has 4 nitrogen and oxygen atoms in total. The lowest BCUT2D eigenvalue weighted by Gasteiger charge is -2.16. The zero-order valence-electron chi connectivity index (χ0n) is 14.6. The average molecular weight is 538 g/mol. The Kier molecular flexibility index (Phi) is 5.92. The summed E-state index contributed by atoms with van der Waals surface area (Å²) in [5.41, 5.74) is -0.860. The molecule has 0 aliphatic carbocycles. The molecule has 2 aromatic carbocycles. The maximum absolute atomic E-state index is 14.4. The van der Waals surface area contributed by atoms with Crippen molar-refractivity contribution in [3.63, 3.8) is 0 Å². The molecule has 0 bridgehead atoms. The van der Waals surface area contributed by atoms with Gasteiger partial charge in [0, 0.05) is 13.3 Å². The second kappa shape index (κ2) is 7.91. The summed E-state index contributed by atoms with van der Waals surface area (Å²) >= 11 is 3.21. The minimum absolute atomic E-state index is 0.0473. The van der Waals surface area contributed by atoms with Crippen molar-refractivity contribution in [3.05, 3.63) is 67.2 Å². The van der Waals surface area contributed by atoms with Crippen LogP contribution in [0.3, 0.4) is 0 Å². The van der Waals surface area contributed by atoms with Gasteiger partial charge in [0.25, 0.3) is 10.0 Å². The molecule has 0 atom stereocenters. The van der Waals surface area contributed by atoms with Crippen LogP contribution in [0.2, 0.25) is 0 Å². The summed E-state index contributed by atoms with van der Waals surface area (Å²) in [5.74, 6) is -3.20. The summed E-state index contributed by atoms with van der Waals surface area (Å²) in [7, 11) is -4.05. The predicted molar refractivity (Wildman–Crippen MR) is 113 cm³/mol. The van der Waals surface area contributed by atoms with Crippen LogP contribution in [-0.2, 0) is 10.0 Å². The molecule has 1 heterocycles. The summed E-state index contributed by atoms with van der Waals surface area (Å²) in [6, 6.07) is 7.51. The monoisotopic (exact) mass is 538 g/mol. The molecule has 0 aliphatic heterocycles. The zero-order chi connectivity index (χ0) is 20.6. The first-order valence-corrected chi connectivity index (χ1v) is 11.3. The first-order valence-electron chi connectivity index (χ1n) is 7.88. The Morgan fingerprint density at radius 1 is 0.964 bits per heavy atom. The molecule has 1 aromatic heterocycles. The van der Waals surface area contributed by atoms with Crippen molar-refractivity contribution < 1.29 is 21.6 Å². The second-order valence-electron chi connectivity index (χ2n) is 5.92. The maximum atomic E-state index is 14.4. The number of aryl methyl sites for hydroxylation is 2. The molecule has 0 saturated heterocycles. The highest BCUT2D eigenvalue weighted by Gasteiger charge is 2.23. The number of halogens is 4. The van der Waals surface area contributed by atoms with Gasteiger partial charge in [-0.15, -0.1) is 11.3 Å². The van der Waals surface area contributed by atoms with Gasteiger partial charge in [0.1, 0.15) is 16.4 Å². The van der Waals surface area contributed by atoms with E-state index in [4.69, 9.17) is 0 Å². The molecule has 10 heteroatoms. The van der Waals surface area contributed by atoms with Crippen LogP contribution in [0.4, 0.5) is 30.2 Å². The quantitative estimate of drug-likeness (QED) is 0.396. The van der Waals surface area contributed by atoms with Crippen LogP contribution in [0.1, 0.15) is 9.75 Å². The number of nitrogens with one attached hydrogen (secondary N) is 2. The van der Waals surface area contributed by atoms with Crippen LogP contribution in [0.5, 0.6) is 0 Å². The molecule has 0 spiro atoms. The normalized spacial score (nSPS) is 11.5. The average Bonchev–Trinajstić information content (AvgIpc) is 2.95. The minimum Gasteiger partial charge on any atom is -0.349 e. The molecule has 0 amide bonds. The van der Waals surface area contributed by atoms with Gasteiger partial charge in [-0.3, -0.25) is 4.72 Å². The van der Waals surface area contributed by atoms with Gasteiger partial charge in [0.15, 0.2) is 11.6 Å². The van der Waals surface area contributed by atoms with Crippen LogP contribution in [0.15, 0.2) is 41.3 Å². The van der Waals surface area contributed by atoms with Gasteiger partial charge in [-0.05, 0) is 72.8 Å². The molecule has 148 valence electrons. The van der Waals surface area contributed by atoms with Gasteiger partial charge in [-0.2, -0.15) is 0 Å². The summed E-state index contributed by atoms with van der Waals surface area (Å²) < 4.78 is 70.7. The molecule has 28 heavy (non-hydrogen) atoms. The molecule has 3 rings (SSSR count). The van der Waals surface area contributed by atoms with E-state index >= 15 is 0 Å². The Bertz CT molecular complexity index is 1160. The van der Waals surface area contributed by atoms with Crippen LogP contribution in [-0.4, -0.2) is 8.42 Å². The molecule has 0 fully saturated rings. The van der Waals surface area contributed by atoms with Crippen molar-refractivity contribution in [3.8, 4) is 0 Å². The molecule has 3 aromatic rings. The third-order valence-electron chi connectivity index (χ3n) is 3.81. The minimum atomic E-state index is -4.05. The van der Waals surface area contributed by atoms with E-state index in [0.29, 0.717) is 8.45 Å². The number of hydrogen-bond donors (Lipinski definition) is 2. The molecule has 0 unspecified atom stereocenters. The van der Waals surface area contributed by atoms with Gasteiger partial charge >= 0.3 is 0 Å². The fourth-order valence-electron chi connectivity index (χ4n) is 2.56. The summed E-state index contributed by atoms with van der Waals surface area (Å²) in [6.45, 7) is 3.42. The Labute approximate surface area is 178 Å². The lowest BCUT2D eigenvalue weighted by molar-refractivity contribution is 0.512. The Morgan fingerprint density at radius 3 is 2.25 bits per heavy atom. The van der Waals surface area contributed by atoms with Gasteiger partial charge in [0.2, 0.25) is 0 Å². The third-order valence-corrected chi connectivity index (χ3v) is 7.07. The number of thiophene rings is 1. The first-order chi connectivity index (χ1) is 13.1. The van der Waals surface area contributed by atoms with E-state index in [9.17, 15) is 21.6 Å². The highest BCUT2D eigenvalue weighted by Crippen LogP contribution is 2.34. The smallest absolute Gasteiger partial charge is 0.263 e. The van der Waals surface area contributed by atoms with Crippen LogP contribution >= 0.6 is 33.9 Å². The number of anilines is 3. The standard InChI is InChI=1S/C18H14F3IN2O2S2/c1-9-7-16(10(2)27-9)28(25,26)24-15-6-4-12(19)17(21)18(15)23-14-5-3-11(22)8-13(14)20/h3-8,23-24H,1-2H3. The Hall–Kier alpha value is -1.79. The van der Waals surface area contributed by atoms with Gasteiger partial charge in [0.05, 0.1) is 11.4 Å². The molecule has 2 N–H and O–H groups in total. The van der Waals surface area contributed by atoms with E-state index in [2.05, 4.69) is 10.0 Å². The van der Waals surface area contributed by atoms with Crippen molar-refractivity contribution in [2.45, 2.75) is 18.7 Å². The van der Waals surface area contributed by atoms with E-state index < -0.39 is 33.2 Å². The van der Waals surface area contributed by atoms with Crippen molar-refractivity contribution in [2.75, 3.05) is 10.0 Å². The number of sulfonamides is 1.